The molecular formula is C17H18O. The first-order valence-corrected chi connectivity index (χ1v) is 6.23. The van der Waals surface area contributed by atoms with Gasteiger partial charge in [-0.2, -0.15) is 0 Å². The van der Waals surface area contributed by atoms with E-state index >= 15 is 0 Å². The molecule has 0 unspecified atom stereocenters. The lowest BCUT2D eigenvalue weighted by atomic mass is 9.96. The van der Waals surface area contributed by atoms with Crippen LogP contribution in [-0.2, 0) is 6.42 Å². The van der Waals surface area contributed by atoms with Crippen LogP contribution in [0, 0.1) is 20.8 Å². The van der Waals surface area contributed by atoms with Crippen LogP contribution in [0.1, 0.15) is 32.6 Å². The fraction of sp³-hybridized carbons (Fsp3) is 0.235. The van der Waals surface area contributed by atoms with E-state index in [0.717, 1.165) is 16.7 Å². The van der Waals surface area contributed by atoms with E-state index in [4.69, 9.17) is 0 Å². The van der Waals surface area contributed by atoms with Gasteiger partial charge in [0.15, 0.2) is 5.78 Å². The molecule has 0 spiro atoms. The number of rotatable bonds is 3. The minimum atomic E-state index is 0.196. The second-order valence-electron chi connectivity index (χ2n) is 4.84. The van der Waals surface area contributed by atoms with E-state index in [9.17, 15) is 4.79 Å². The zero-order valence-electron chi connectivity index (χ0n) is 11.2. The van der Waals surface area contributed by atoms with Crippen LogP contribution in [0.3, 0.4) is 0 Å². The van der Waals surface area contributed by atoms with Crippen molar-refractivity contribution in [3.8, 4) is 0 Å². The second-order valence-corrected chi connectivity index (χ2v) is 4.84. The van der Waals surface area contributed by atoms with Gasteiger partial charge in [-0.05, 0) is 37.5 Å². The highest BCUT2D eigenvalue weighted by Gasteiger charge is 2.10. The highest BCUT2D eigenvalue weighted by Crippen LogP contribution is 2.15. The number of hydrogen-bond acceptors (Lipinski definition) is 1. The third kappa shape index (κ3) is 2.67. The van der Waals surface area contributed by atoms with Gasteiger partial charge in [0.25, 0.3) is 0 Å². The van der Waals surface area contributed by atoms with Crippen molar-refractivity contribution in [1.29, 1.82) is 0 Å². The molecule has 2 aromatic carbocycles. The smallest absolute Gasteiger partial charge is 0.167 e. The Morgan fingerprint density at radius 2 is 1.67 bits per heavy atom. The minimum Gasteiger partial charge on any atom is -0.294 e. The van der Waals surface area contributed by atoms with Crippen LogP contribution in [-0.4, -0.2) is 5.78 Å². The van der Waals surface area contributed by atoms with Gasteiger partial charge in [0.2, 0.25) is 0 Å². The Hall–Kier alpha value is -1.89. The molecule has 2 rings (SSSR count). The Kier molecular flexibility index (Phi) is 3.61. The first-order chi connectivity index (χ1) is 8.58. The van der Waals surface area contributed by atoms with Gasteiger partial charge >= 0.3 is 0 Å². The summed E-state index contributed by atoms with van der Waals surface area (Å²) in [7, 11) is 0. The summed E-state index contributed by atoms with van der Waals surface area (Å²) in [5.41, 5.74) is 5.38. The lowest BCUT2D eigenvalue weighted by molar-refractivity contribution is 0.0992. The first-order valence-electron chi connectivity index (χ1n) is 6.23. The summed E-state index contributed by atoms with van der Waals surface area (Å²) in [5.74, 6) is 0.196. The van der Waals surface area contributed by atoms with Crippen molar-refractivity contribution >= 4 is 5.78 Å². The summed E-state index contributed by atoms with van der Waals surface area (Å²) in [5, 5.41) is 0. The molecule has 0 aromatic heterocycles. The number of benzene rings is 2. The van der Waals surface area contributed by atoms with Crippen molar-refractivity contribution in [1.82, 2.24) is 0 Å². The van der Waals surface area contributed by atoms with E-state index in [1.807, 2.05) is 57.2 Å². The fourth-order valence-electron chi connectivity index (χ4n) is 2.20. The Balaban J connectivity index is 2.25. The molecule has 0 aliphatic carbocycles. The van der Waals surface area contributed by atoms with Crippen molar-refractivity contribution in [2.24, 2.45) is 0 Å². The summed E-state index contributed by atoms with van der Waals surface area (Å²) in [6, 6.07) is 14.0. The molecule has 0 radical (unpaired) electrons. The fourth-order valence-corrected chi connectivity index (χ4v) is 2.20. The normalized spacial score (nSPS) is 10.4. The summed E-state index contributed by atoms with van der Waals surface area (Å²) in [4.78, 5) is 12.3. The van der Waals surface area contributed by atoms with Crippen molar-refractivity contribution in [2.75, 3.05) is 0 Å². The average molecular weight is 238 g/mol. The third-order valence-corrected chi connectivity index (χ3v) is 3.29. The monoisotopic (exact) mass is 238 g/mol. The van der Waals surface area contributed by atoms with Crippen LogP contribution in [0.25, 0.3) is 0 Å². The molecule has 0 amide bonds. The largest absolute Gasteiger partial charge is 0.294 e. The third-order valence-electron chi connectivity index (χ3n) is 3.29. The number of aryl methyl sites for hydroxylation is 3. The maximum atomic E-state index is 12.3. The lowest BCUT2D eigenvalue weighted by Gasteiger charge is -2.08. The van der Waals surface area contributed by atoms with Crippen LogP contribution in [0.5, 0.6) is 0 Å². The molecule has 0 saturated carbocycles. The topological polar surface area (TPSA) is 17.1 Å². The van der Waals surface area contributed by atoms with Crippen molar-refractivity contribution in [3.05, 3.63) is 70.3 Å². The molecular weight excluding hydrogens is 220 g/mol. The minimum absolute atomic E-state index is 0.196. The molecule has 0 aliphatic rings. The molecule has 92 valence electrons. The van der Waals surface area contributed by atoms with Crippen LogP contribution in [0.4, 0.5) is 0 Å². The quantitative estimate of drug-likeness (QED) is 0.738. The van der Waals surface area contributed by atoms with Gasteiger partial charge in [-0.3, -0.25) is 4.79 Å². The van der Waals surface area contributed by atoms with Crippen molar-refractivity contribution in [3.63, 3.8) is 0 Å². The maximum Gasteiger partial charge on any atom is 0.167 e. The lowest BCUT2D eigenvalue weighted by Crippen LogP contribution is -2.06. The summed E-state index contributed by atoms with van der Waals surface area (Å²) in [6.45, 7) is 6.09. The van der Waals surface area contributed by atoms with Crippen molar-refractivity contribution < 1.29 is 4.79 Å². The number of hydrogen-bond donors (Lipinski definition) is 0. The number of Topliss-reactive ketones (excluding diaryl/α,β-unsaturated/α-hetero) is 1. The van der Waals surface area contributed by atoms with Crippen LogP contribution < -0.4 is 0 Å². The molecule has 0 N–H and O–H groups in total. The molecule has 18 heavy (non-hydrogen) atoms. The van der Waals surface area contributed by atoms with Gasteiger partial charge in [-0.1, -0.05) is 48.0 Å². The standard InChI is InChI=1S/C17H18O/c1-12-8-9-16(14(3)10-12)17(18)11-15-7-5-4-6-13(15)2/h4-10H,11H2,1-3H3. The molecule has 0 bridgehead atoms. The first kappa shape index (κ1) is 12.6. The molecule has 2 aromatic rings. The van der Waals surface area contributed by atoms with Gasteiger partial charge < -0.3 is 0 Å². The Bertz CT molecular complexity index is 582. The van der Waals surface area contributed by atoms with Gasteiger partial charge in [-0.15, -0.1) is 0 Å². The van der Waals surface area contributed by atoms with Gasteiger partial charge in [-0.25, -0.2) is 0 Å². The predicted molar refractivity (Wildman–Crippen MR) is 75.1 cm³/mol. The second kappa shape index (κ2) is 5.18. The average Bonchev–Trinajstić information content (AvgIpc) is 2.32. The molecule has 1 nitrogen and oxygen atoms in total. The maximum absolute atomic E-state index is 12.3. The van der Waals surface area contributed by atoms with E-state index in [1.165, 1.54) is 11.1 Å². The molecule has 0 heterocycles. The number of carbonyl (C=O) groups is 1. The van der Waals surface area contributed by atoms with E-state index in [1.54, 1.807) is 0 Å². The van der Waals surface area contributed by atoms with Crippen LogP contribution in [0.15, 0.2) is 42.5 Å². The molecule has 0 atom stereocenters. The number of carbonyl (C=O) groups excluding carboxylic acids is 1. The van der Waals surface area contributed by atoms with Gasteiger partial charge in [0, 0.05) is 12.0 Å². The van der Waals surface area contributed by atoms with E-state index in [2.05, 4.69) is 6.07 Å². The highest BCUT2D eigenvalue weighted by atomic mass is 16.1. The summed E-state index contributed by atoms with van der Waals surface area (Å²) in [6.07, 6.45) is 0.483. The predicted octanol–water partition coefficient (Wildman–Crippen LogP) is 4.04. The zero-order chi connectivity index (χ0) is 13.1. The zero-order valence-corrected chi connectivity index (χ0v) is 11.2. The van der Waals surface area contributed by atoms with Gasteiger partial charge in [0.1, 0.15) is 0 Å². The molecule has 0 saturated heterocycles. The summed E-state index contributed by atoms with van der Waals surface area (Å²) >= 11 is 0. The van der Waals surface area contributed by atoms with E-state index < -0.39 is 0 Å². The SMILES string of the molecule is Cc1ccc(C(=O)Cc2ccccc2C)c(C)c1. The van der Waals surface area contributed by atoms with Crippen LogP contribution in [0.2, 0.25) is 0 Å². The Morgan fingerprint density at radius 1 is 0.944 bits per heavy atom. The molecule has 1 heteroatoms. The Labute approximate surface area is 108 Å². The van der Waals surface area contributed by atoms with E-state index in [-0.39, 0.29) is 5.78 Å². The summed E-state index contributed by atoms with van der Waals surface area (Å²) < 4.78 is 0. The molecule has 0 fully saturated rings. The van der Waals surface area contributed by atoms with E-state index in [0.29, 0.717) is 6.42 Å². The Morgan fingerprint density at radius 3 is 2.33 bits per heavy atom. The van der Waals surface area contributed by atoms with Gasteiger partial charge in [0.05, 0.1) is 0 Å². The van der Waals surface area contributed by atoms with Crippen molar-refractivity contribution in [2.45, 2.75) is 27.2 Å². The number of ketones is 1. The highest BCUT2D eigenvalue weighted by molar-refractivity contribution is 5.99. The molecule has 0 aliphatic heterocycles. The van der Waals surface area contributed by atoms with Crippen LogP contribution >= 0.6 is 0 Å².